The molecule has 27 heavy (non-hydrogen) atoms. The van der Waals surface area contributed by atoms with Crippen LogP contribution in [0.2, 0.25) is 5.02 Å². The van der Waals surface area contributed by atoms with Crippen LogP contribution < -0.4 is 10.6 Å². The molecular formula is C18H15Cl4N3OS. The Hall–Kier alpha value is -1.16. The molecule has 1 aliphatic carbocycles. The second kappa shape index (κ2) is 8.46. The van der Waals surface area contributed by atoms with Crippen LogP contribution in [0.5, 0.6) is 0 Å². The quantitative estimate of drug-likeness (QED) is 0.453. The summed E-state index contributed by atoms with van der Waals surface area (Å²) in [4.78, 5) is 13.7. The summed E-state index contributed by atoms with van der Waals surface area (Å²) in [6, 6.07) is 8.62. The van der Waals surface area contributed by atoms with Crippen molar-refractivity contribution in [1.82, 2.24) is 5.32 Å². The number of nitrogens with one attached hydrogen (secondary N) is 2. The highest BCUT2D eigenvalue weighted by atomic mass is 35.6. The number of amides is 1. The number of benzene rings is 1. The first kappa shape index (κ1) is 20.6. The molecule has 1 atom stereocenters. The van der Waals surface area contributed by atoms with Gasteiger partial charge >= 0.3 is 0 Å². The van der Waals surface area contributed by atoms with Gasteiger partial charge in [-0.2, -0.15) is 5.26 Å². The lowest BCUT2D eigenvalue weighted by Crippen LogP contribution is -2.49. The molecule has 2 N–H and O–H groups in total. The standard InChI is InChI=1S/C18H15Cl4N3OS/c19-11-7-5-10(6-8-11)15(26)24-17(18(20,21)22)25-16-13(9-23)12-3-1-2-4-14(12)27-16/h5-8,17,25H,1-4H2,(H,24,26). The Balaban J connectivity index is 1.84. The van der Waals surface area contributed by atoms with Crippen LogP contribution in [0, 0.1) is 11.3 Å². The fraction of sp³-hybridized carbons (Fsp3) is 0.333. The first-order valence-corrected chi connectivity index (χ1v) is 10.6. The zero-order valence-electron chi connectivity index (χ0n) is 14.0. The summed E-state index contributed by atoms with van der Waals surface area (Å²) in [7, 11) is 0. The van der Waals surface area contributed by atoms with Crippen LogP contribution in [0.1, 0.15) is 39.2 Å². The lowest BCUT2D eigenvalue weighted by atomic mass is 9.96. The third kappa shape index (κ3) is 4.82. The molecule has 0 fully saturated rings. The average Bonchev–Trinajstić information content (AvgIpc) is 2.98. The lowest BCUT2D eigenvalue weighted by Gasteiger charge is -2.27. The van der Waals surface area contributed by atoms with Crippen molar-refractivity contribution in [2.75, 3.05) is 5.32 Å². The molecule has 1 amide bonds. The molecule has 0 radical (unpaired) electrons. The molecule has 1 aliphatic rings. The largest absolute Gasteiger partial charge is 0.352 e. The highest BCUT2D eigenvalue weighted by Gasteiger charge is 2.36. The summed E-state index contributed by atoms with van der Waals surface area (Å²) in [6.45, 7) is 0. The van der Waals surface area contributed by atoms with E-state index in [1.165, 1.54) is 16.2 Å². The summed E-state index contributed by atoms with van der Waals surface area (Å²) in [6.07, 6.45) is 2.94. The summed E-state index contributed by atoms with van der Waals surface area (Å²) in [5.74, 6) is -0.421. The molecule has 0 spiro atoms. The molecule has 0 saturated carbocycles. The number of anilines is 1. The van der Waals surface area contributed by atoms with Gasteiger partial charge in [-0.3, -0.25) is 4.79 Å². The normalized spacial score (nSPS) is 14.8. The number of nitriles is 1. The number of hydrogen-bond donors (Lipinski definition) is 2. The van der Waals surface area contributed by atoms with Crippen molar-refractivity contribution in [3.8, 4) is 6.07 Å². The van der Waals surface area contributed by atoms with Gasteiger partial charge in [0.05, 0.1) is 5.56 Å². The van der Waals surface area contributed by atoms with Gasteiger partial charge in [0.15, 0.2) is 0 Å². The summed E-state index contributed by atoms with van der Waals surface area (Å²) < 4.78 is -1.82. The Bertz CT molecular complexity index is 884. The first-order valence-electron chi connectivity index (χ1n) is 8.24. The average molecular weight is 463 g/mol. The second-order valence-electron chi connectivity index (χ2n) is 6.13. The van der Waals surface area contributed by atoms with Crippen LogP contribution in [-0.2, 0) is 12.8 Å². The van der Waals surface area contributed by atoms with Crippen LogP contribution >= 0.6 is 57.7 Å². The van der Waals surface area contributed by atoms with E-state index in [1.807, 2.05) is 0 Å². The molecule has 4 nitrogen and oxygen atoms in total. The smallest absolute Gasteiger partial charge is 0.252 e. The minimum absolute atomic E-state index is 0.381. The number of hydrogen-bond acceptors (Lipinski definition) is 4. The van der Waals surface area contributed by atoms with Crippen molar-refractivity contribution in [2.24, 2.45) is 0 Å². The molecule has 1 aromatic carbocycles. The van der Waals surface area contributed by atoms with Gasteiger partial charge in [-0.25, -0.2) is 0 Å². The van der Waals surface area contributed by atoms with E-state index in [2.05, 4.69) is 16.7 Å². The van der Waals surface area contributed by atoms with Gasteiger partial charge in [-0.1, -0.05) is 46.4 Å². The number of alkyl halides is 3. The second-order valence-corrected chi connectivity index (χ2v) is 10.0. The monoisotopic (exact) mass is 461 g/mol. The Labute approximate surface area is 181 Å². The number of rotatable bonds is 4. The summed E-state index contributed by atoms with van der Waals surface area (Å²) in [5.41, 5.74) is 2.00. The number of carbonyl (C=O) groups excluding carboxylic acids is 1. The van der Waals surface area contributed by atoms with Crippen molar-refractivity contribution >= 4 is 68.6 Å². The minimum Gasteiger partial charge on any atom is -0.352 e. The van der Waals surface area contributed by atoms with Crippen molar-refractivity contribution in [3.05, 3.63) is 50.9 Å². The Kier molecular flexibility index (Phi) is 6.45. The van der Waals surface area contributed by atoms with Crippen LogP contribution in [0.4, 0.5) is 5.00 Å². The van der Waals surface area contributed by atoms with E-state index >= 15 is 0 Å². The van der Waals surface area contributed by atoms with Crippen molar-refractivity contribution in [3.63, 3.8) is 0 Å². The minimum atomic E-state index is -1.82. The van der Waals surface area contributed by atoms with Gasteiger partial charge in [-0.05, 0) is 55.5 Å². The number of aryl methyl sites for hydroxylation is 1. The zero-order chi connectivity index (χ0) is 19.6. The number of thiophene rings is 1. The van der Waals surface area contributed by atoms with Gasteiger partial charge in [0.2, 0.25) is 3.79 Å². The molecule has 9 heteroatoms. The van der Waals surface area contributed by atoms with E-state index in [-0.39, 0.29) is 0 Å². The van der Waals surface area contributed by atoms with E-state index in [0.717, 1.165) is 31.2 Å². The summed E-state index contributed by atoms with van der Waals surface area (Å²) in [5, 5.41) is 16.4. The molecule has 0 aliphatic heterocycles. The fourth-order valence-corrected chi connectivity index (χ4v) is 4.65. The highest BCUT2D eigenvalue weighted by molar-refractivity contribution is 7.16. The maximum Gasteiger partial charge on any atom is 0.252 e. The topological polar surface area (TPSA) is 64.9 Å². The van der Waals surface area contributed by atoms with Gasteiger partial charge in [0.1, 0.15) is 17.2 Å². The first-order chi connectivity index (χ1) is 12.8. The van der Waals surface area contributed by atoms with Crippen molar-refractivity contribution in [2.45, 2.75) is 35.6 Å². The third-order valence-corrected chi connectivity index (χ3v) is 6.40. The van der Waals surface area contributed by atoms with E-state index in [0.29, 0.717) is 21.2 Å². The van der Waals surface area contributed by atoms with Crippen LogP contribution in [0.3, 0.4) is 0 Å². The van der Waals surface area contributed by atoms with Gasteiger partial charge in [0, 0.05) is 15.5 Å². The third-order valence-electron chi connectivity index (χ3n) is 4.27. The Morgan fingerprint density at radius 1 is 1.19 bits per heavy atom. The fourth-order valence-electron chi connectivity index (χ4n) is 2.93. The predicted octanol–water partition coefficient (Wildman–Crippen LogP) is 5.69. The number of fused-ring (bicyclic) bond motifs is 1. The molecule has 1 aromatic heterocycles. The number of halogens is 4. The van der Waals surface area contributed by atoms with E-state index < -0.39 is 15.9 Å². The van der Waals surface area contributed by atoms with Crippen LogP contribution in [0.15, 0.2) is 24.3 Å². The van der Waals surface area contributed by atoms with E-state index in [1.54, 1.807) is 24.3 Å². The van der Waals surface area contributed by atoms with Gasteiger partial charge in [-0.15, -0.1) is 11.3 Å². The van der Waals surface area contributed by atoms with Gasteiger partial charge < -0.3 is 10.6 Å². The number of nitrogens with zero attached hydrogens (tertiary/aromatic N) is 1. The highest BCUT2D eigenvalue weighted by Crippen LogP contribution is 2.40. The van der Waals surface area contributed by atoms with Crippen molar-refractivity contribution < 1.29 is 4.79 Å². The van der Waals surface area contributed by atoms with E-state index in [9.17, 15) is 10.1 Å². The Morgan fingerprint density at radius 2 is 1.85 bits per heavy atom. The molecule has 2 aromatic rings. The molecule has 3 rings (SSSR count). The molecule has 0 saturated heterocycles. The SMILES string of the molecule is N#Cc1c(NC(NC(=O)c2ccc(Cl)cc2)C(Cl)(Cl)Cl)sc2c1CCCC2. The predicted molar refractivity (Wildman–Crippen MR) is 112 cm³/mol. The summed E-state index contributed by atoms with van der Waals surface area (Å²) >= 11 is 25.6. The Morgan fingerprint density at radius 3 is 2.48 bits per heavy atom. The molecule has 142 valence electrons. The maximum absolute atomic E-state index is 12.5. The lowest BCUT2D eigenvalue weighted by molar-refractivity contribution is 0.0942. The van der Waals surface area contributed by atoms with Gasteiger partial charge in [0.25, 0.3) is 5.91 Å². The molecule has 1 unspecified atom stereocenters. The number of carbonyl (C=O) groups is 1. The zero-order valence-corrected chi connectivity index (χ0v) is 17.8. The molecule has 0 bridgehead atoms. The molecular weight excluding hydrogens is 448 g/mol. The maximum atomic E-state index is 12.5. The van der Waals surface area contributed by atoms with Crippen LogP contribution in [0.25, 0.3) is 0 Å². The van der Waals surface area contributed by atoms with E-state index in [4.69, 9.17) is 46.4 Å². The van der Waals surface area contributed by atoms with Crippen LogP contribution in [-0.4, -0.2) is 15.9 Å². The van der Waals surface area contributed by atoms with Crippen molar-refractivity contribution in [1.29, 1.82) is 5.26 Å². The molecule has 1 heterocycles.